The van der Waals surface area contributed by atoms with Crippen LogP contribution in [0.3, 0.4) is 0 Å². The number of carbonyl (C=O) groups is 1. The van der Waals surface area contributed by atoms with Crippen molar-refractivity contribution < 1.29 is 9.53 Å². The minimum Gasteiger partial charge on any atom is -0.384 e. The number of carbonyl (C=O) groups excluding carboxylic acids is 1. The van der Waals surface area contributed by atoms with E-state index in [1.54, 1.807) is 7.11 Å². The number of nitrogens with zero attached hydrogens (tertiary/aromatic N) is 1. The van der Waals surface area contributed by atoms with Crippen LogP contribution in [0.25, 0.3) is 0 Å². The van der Waals surface area contributed by atoms with E-state index in [-0.39, 0.29) is 11.9 Å². The third-order valence-corrected chi connectivity index (χ3v) is 3.15. The van der Waals surface area contributed by atoms with Crippen LogP contribution in [-0.4, -0.2) is 50.2 Å². The van der Waals surface area contributed by atoms with Gasteiger partial charge >= 0.3 is 0 Å². The SMILES string of the molecule is CCCNC1CCCN(CC(C)COC)C1=O. The predicted octanol–water partition coefficient (Wildman–Crippen LogP) is 1.26. The minimum absolute atomic E-state index is 0.0402. The third kappa shape index (κ3) is 4.64. The summed E-state index contributed by atoms with van der Waals surface area (Å²) in [6.45, 7) is 7.61. The lowest BCUT2D eigenvalue weighted by Gasteiger charge is -2.34. The van der Waals surface area contributed by atoms with Crippen molar-refractivity contribution in [2.45, 2.75) is 39.2 Å². The molecule has 4 heteroatoms. The molecule has 0 aromatic carbocycles. The highest BCUT2D eigenvalue weighted by atomic mass is 16.5. The molecule has 0 spiro atoms. The fourth-order valence-electron chi connectivity index (χ4n) is 2.34. The van der Waals surface area contributed by atoms with Gasteiger partial charge in [0, 0.05) is 20.2 Å². The number of ether oxygens (including phenoxy) is 1. The Balaban J connectivity index is 2.41. The number of likely N-dealkylation sites (tertiary alicyclic amines) is 1. The number of hydrogen-bond acceptors (Lipinski definition) is 3. The molecule has 1 rings (SSSR count). The molecule has 1 aliphatic heterocycles. The van der Waals surface area contributed by atoms with Crippen molar-refractivity contribution in [3.63, 3.8) is 0 Å². The number of amides is 1. The number of nitrogens with one attached hydrogen (secondary N) is 1. The van der Waals surface area contributed by atoms with Crippen molar-refractivity contribution in [3.05, 3.63) is 0 Å². The Labute approximate surface area is 105 Å². The highest BCUT2D eigenvalue weighted by Crippen LogP contribution is 2.13. The summed E-state index contributed by atoms with van der Waals surface area (Å²) in [5, 5.41) is 3.33. The second-order valence-electron chi connectivity index (χ2n) is 4.99. The second kappa shape index (κ2) is 7.67. The van der Waals surface area contributed by atoms with Gasteiger partial charge in [0.25, 0.3) is 0 Å². The van der Waals surface area contributed by atoms with Crippen LogP contribution in [0.2, 0.25) is 0 Å². The second-order valence-corrected chi connectivity index (χ2v) is 4.99. The fourth-order valence-corrected chi connectivity index (χ4v) is 2.34. The van der Waals surface area contributed by atoms with Gasteiger partial charge in [0.05, 0.1) is 12.6 Å². The molecule has 2 unspecified atom stereocenters. The maximum Gasteiger partial charge on any atom is 0.239 e. The van der Waals surface area contributed by atoms with Crippen LogP contribution in [0.4, 0.5) is 0 Å². The first kappa shape index (κ1) is 14.5. The smallest absolute Gasteiger partial charge is 0.239 e. The summed E-state index contributed by atoms with van der Waals surface area (Å²) >= 11 is 0. The first-order valence-corrected chi connectivity index (χ1v) is 6.70. The van der Waals surface area contributed by atoms with Gasteiger partial charge in [0.1, 0.15) is 0 Å². The van der Waals surface area contributed by atoms with Crippen LogP contribution in [-0.2, 0) is 9.53 Å². The van der Waals surface area contributed by atoms with Crippen LogP contribution in [0.1, 0.15) is 33.1 Å². The van der Waals surface area contributed by atoms with E-state index >= 15 is 0 Å². The molecule has 0 radical (unpaired) electrons. The fraction of sp³-hybridized carbons (Fsp3) is 0.923. The maximum absolute atomic E-state index is 12.2. The van der Waals surface area contributed by atoms with Gasteiger partial charge in [-0.25, -0.2) is 0 Å². The quantitative estimate of drug-likeness (QED) is 0.731. The monoisotopic (exact) mass is 242 g/mol. The molecular weight excluding hydrogens is 216 g/mol. The summed E-state index contributed by atoms with van der Waals surface area (Å²) in [7, 11) is 1.71. The average Bonchev–Trinajstić information content (AvgIpc) is 2.30. The first-order chi connectivity index (χ1) is 8.19. The van der Waals surface area contributed by atoms with Crippen LogP contribution < -0.4 is 5.32 Å². The Morgan fingerprint density at radius 3 is 3.00 bits per heavy atom. The Morgan fingerprint density at radius 1 is 1.59 bits per heavy atom. The summed E-state index contributed by atoms with van der Waals surface area (Å²) in [6.07, 6.45) is 3.16. The molecule has 100 valence electrons. The zero-order valence-electron chi connectivity index (χ0n) is 11.4. The molecule has 17 heavy (non-hydrogen) atoms. The molecule has 0 saturated carbocycles. The van der Waals surface area contributed by atoms with E-state index in [2.05, 4.69) is 19.2 Å². The Bertz CT molecular complexity index is 233. The van der Waals surface area contributed by atoms with E-state index in [4.69, 9.17) is 4.74 Å². The van der Waals surface area contributed by atoms with Gasteiger partial charge in [-0.2, -0.15) is 0 Å². The lowest BCUT2D eigenvalue weighted by molar-refractivity contribution is -0.136. The highest BCUT2D eigenvalue weighted by molar-refractivity contribution is 5.82. The minimum atomic E-state index is 0.0402. The van der Waals surface area contributed by atoms with Crippen LogP contribution >= 0.6 is 0 Å². The largest absolute Gasteiger partial charge is 0.384 e. The molecule has 2 atom stereocenters. The molecule has 0 aromatic heterocycles. The molecule has 0 bridgehead atoms. The van der Waals surface area contributed by atoms with Gasteiger partial charge in [0.15, 0.2) is 0 Å². The van der Waals surface area contributed by atoms with Crippen molar-refractivity contribution in [1.29, 1.82) is 0 Å². The lowest BCUT2D eigenvalue weighted by atomic mass is 10.0. The van der Waals surface area contributed by atoms with Gasteiger partial charge < -0.3 is 15.0 Å². The van der Waals surface area contributed by atoms with E-state index in [0.29, 0.717) is 5.92 Å². The molecule has 1 fully saturated rings. The van der Waals surface area contributed by atoms with Gasteiger partial charge in [-0.3, -0.25) is 4.79 Å². The number of hydrogen-bond donors (Lipinski definition) is 1. The molecular formula is C13H26N2O2. The summed E-state index contributed by atoms with van der Waals surface area (Å²) in [5.74, 6) is 0.682. The third-order valence-electron chi connectivity index (χ3n) is 3.15. The van der Waals surface area contributed by atoms with Gasteiger partial charge in [0.2, 0.25) is 5.91 Å². The Morgan fingerprint density at radius 2 is 2.35 bits per heavy atom. The Hall–Kier alpha value is -0.610. The van der Waals surface area contributed by atoms with Gasteiger partial charge in [-0.05, 0) is 31.7 Å². The molecule has 4 nitrogen and oxygen atoms in total. The van der Waals surface area contributed by atoms with E-state index in [9.17, 15) is 4.79 Å². The first-order valence-electron chi connectivity index (χ1n) is 6.70. The van der Waals surface area contributed by atoms with E-state index in [1.807, 2.05) is 4.90 Å². The zero-order chi connectivity index (χ0) is 12.7. The van der Waals surface area contributed by atoms with Crippen molar-refractivity contribution in [2.24, 2.45) is 5.92 Å². The summed E-state index contributed by atoms with van der Waals surface area (Å²) in [4.78, 5) is 14.2. The van der Waals surface area contributed by atoms with Crippen LogP contribution in [0.15, 0.2) is 0 Å². The topological polar surface area (TPSA) is 41.6 Å². The summed E-state index contributed by atoms with van der Waals surface area (Å²) in [5.41, 5.74) is 0. The molecule has 0 aromatic rings. The van der Waals surface area contributed by atoms with Gasteiger partial charge in [-0.1, -0.05) is 13.8 Å². The summed E-state index contributed by atoms with van der Waals surface area (Å²) in [6, 6.07) is 0.0402. The van der Waals surface area contributed by atoms with Gasteiger partial charge in [-0.15, -0.1) is 0 Å². The molecule has 1 aliphatic rings. The molecule has 1 heterocycles. The molecule has 1 N–H and O–H groups in total. The number of piperidine rings is 1. The normalized spacial score (nSPS) is 22.9. The van der Waals surface area contributed by atoms with E-state index in [0.717, 1.165) is 45.5 Å². The van der Waals surface area contributed by atoms with E-state index in [1.165, 1.54) is 0 Å². The van der Waals surface area contributed by atoms with E-state index < -0.39 is 0 Å². The molecule has 0 aliphatic carbocycles. The van der Waals surface area contributed by atoms with Crippen molar-refractivity contribution >= 4 is 5.91 Å². The summed E-state index contributed by atoms with van der Waals surface area (Å²) < 4.78 is 5.12. The molecule has 1 amide bonds. The van der Waals surface area contributed by atoms with Crippen LogP contribution in [0, 0.1) is 5.92 Å². The van der Waals surface area contributed by atoms with Crippen molar-refractivity contribution in [2.75, 3.05) is 33.4 Å². The molecule has 1 saturated heterocycles. The van der Waals surface area contributed by atoms with Crippen molar-refractivity contribution in [1.82, 2.24) is 10.2 Å². The predicted molar refractivity (Wildman–Crippen MR) is 68.9 cm³/mol. The Kier molecular flexibility index (Phi) is 6.52. The highest BCUT2D eigenvalue weighted by Gasteiger charge is 2.28. The lowest BCUT2D eigenvalue weighted by Crippen LogP contribution is -2.52. The zero-order valence-corrected chi connectivity index (χ0v) is 11.4. The standard InChI is InChI=1S/C13H26N2O2/c1-4-7-14-12-6-5-8-15(13(12)16)9-11(2)10-17-3/h11-12,14H,4-10H2,1-3H3. The number of methoxy groups -OCH3 is 1. The average molecular weight is 242 g/mol. The van der Waals surface area contributed by atoms with Crippen LogP contribution in [0.5, 0.6) is 0 Å². The van der Waals surface area contributed by atoms with Crippen molar-refractivity contribution in [3.8, 4) is 0 Å². The number of rotatable bonds is 7. The maximum atomic E-state index is 12.2.